The Balaban J connectivity index is 1.08. The molecule has 6 fully saturated rings. The minimum Gasteiger partial charge on any atom is -0.497 e. The molecule has 0 atom stereocenters. The molecular formula is C35H44N2O3S2. The molecule has 0 spiro atoms. The second-order valence-electron chi connectivity index (χ2n) is 13.4. The zero-order chi connectivity index (χ0) is 28.6. The maximum atomic E-state index is 13.9. The number of piperidine rings is 1. The fourth-order valence-corrected chi connectivity index (χ4v) is 10.2. The van der Waals surface area contributed by atoms with Crippen molar-refractivity contribution in [3.8, 4) is 17.1 Å². The molecule has 4 saturated carbocycles. The first-order valence-electron chi connectivity index (χ1n) is 16.3. The number of rotatable bonds is 10. The Kier molecular flexibility index (Phi) is 8.53. The lowest BCUT2D eigenvalue weighted by Crippen LogP contribution is -2.57. The molecule has 0 unspecified atom stereocenters. The summed E-state index contributed by atoms with van der Waals surface area (Å²) in [5.41, 5.74) is 2.20. The lowest BCUT2D eigenvalue weighted by atomic mass is 9.54. The molecular weight excluding hydrogens is 561 g/mol. The van der Waals surface area contributed by atoms with Crippen molar-refractivity contribution in [3.63, 3.8) is 0 Å². The number of carbonyl (C=O) groups excluding carboxylic acids is 1. The molecule has 4 bridgehead atoms. The molecule has 7 heteroatoms. The highest BCUT2D eigenvalue weighted by Crippen LogP contribution is 2.56. The summed E-state index contributed by atoms with van der Waals surface area (Å²) >= 11 is 7.36. The maximum Gasteiger partial charge on any atom is 0.266 e. The van der Waals surface area contributed by atoms with Gasteiger partial charge < -0.3 is 14.1 Å². The largest absolute Gasteiger partial charge is 0.497 e. The third kappa shape index (κ3) is 5.86. The van der Waals surface area contributed by atoms with E-state index < -0.39 is 0 Å². The van der Waals surface area contributed by atoms with Gasteiger partial charge in [-0.25, -0.2) is 0 Å². The minimum absolute atomic E-state index is 0.0948. The number of unbranched alkanes of at least 4 members (excludes halogenated alkanes) is 2. The highest BCUT2D eigenvalue weighted by molar-refractivity contribution is 8.26. The Morgan fingerprint density at radius 3 is 2.38 bits per heavy atom. The number of benzene rings is 1. The summed E-state index contributed by atoms with van der Waals surface area (Å²) in [5.74, 6) is 5.55. The Morgan fingerprint density at radius 1 is 0.976 bits per heavy atom. The molecule has 3 heterocycles. The number of carbonyl (C=O) groups is 1. The smallest absolute Gasteiger partial charge is 0.266 e. The van der Waals surface area contributed by atoms with E-state index in [1.165, 1.54) is 101 Å². The summed E-state index contributed by atoms with van der Waals surface area (Å²) < 4.78 is 12.6. The number of thiocarbonyl (C=S) groups is 1. The first-order chi connectivity index (χ1) is 20.6. The van der Waals surface area contributed by atoms with E-state index in [4.69, 9.17) is 21.4 Å². The van der Waals surface area contributed by atoms with Gasteiger partial charge in [0.2, 0.25) is 0 Å². The molecule has 42 heavy (non-hydrogen) atoms. The summed E-state index contributed by atoms with van der Waals surface area (Å²) in [4.78, 5) is 19.3. The molecule has 6 aliphatic rings. The number of hydrogen-bond donors (Lipinski definition) is 0. The van der Waals surface area contributed by atoms with Gasteiger partial charge in [-0.15, -0.1) is 0 Å². The van der Waals surface area contributed by atoms with Crippen molar-refractivity contribution in [2.75, 3.05) is 26.7 Å². The lowest BCUT2D eigenvalue weighted by Gasteiger charge is -2.56. The molecule has 2 aromatic rings. The van der Waals surface area contributed by atoms with Gasteiger partial charge in [-0.1, -0.05) is 36.8 Å². The van der Waals surface area contributed by atoms with Gasteiger partial charge in [-0.3, -0.25) is 9.69 Å². The SMILES string of the molecule is COc1ccc(-c2cc(CCCCCN3CCCCC3)c(/C=C3\SC(=S)N(C4C5CC6CC(C5)CC4C6)C3=O)o2)cc1. The van der Waals surface area contributed by atoms with E-state index in [-0.39, 0.29) is 5.91 Å². The van der Waals surface area contributed by atoms with Crippen LogP contribution < -0.4 is 4.74 Å². The van der Waals surface area contributed by atoms with Crippen LogP contribution in [0.3, 0.4) is 0 Å². The lowest BCUT2D eigenvalue weighted by molar-refractivity contribution is -0.130. The molecule has 1 aromatic carbocycles. The normalized spacial score (nSPS) is 30.2. The predicted molar refractivity (Wildman–Crippen MR) is 174 cm³/mol. The monoisotopic (exact) mass is 604 g/mol. The molecule has 1 amide bonds. The van der Waals surface area contributed by atoms with Gasteiger partial charge in [0.25, 0.3) is 5.91 Å². The third-order valence-electron chi connectivity index (χ3n) is 10.6. The summed E-state index contributed by atoms with van der Waals surface area (Å²) in [6.45, 7) is 3.74. The number of hydrogen-bond acceptors (Lipinski definition) is 6. The summed E-state index contributed by atoms with van der Waals surface area (Å²) in [6.07, 6.45) is 17.1. The van der Waals surface area contributed by atoms with E-state index in [0.29, 0.717) is 17.9 Å². The van der Waals surface area contributed by atoms with Crippen molar-refractivity contribution in [2.24, 2.45) is 23.7 Å². The van der Waals surface area contributed by atoms with Crippen molar-refractivity contribution in [1.29, 1.82) is 0 Å². The van der Waals surface area contributed by atoms with E-state index in [1.54, 1.807) is 7.11 Å². The Morgan fingerprint density at radius 2 is 1.69 bits per heavy atom. The van der Waals surface area contributed by atoms with Crippen LogP contribution in [0.25, 0.3) is 17.4 Å². The van der Waals surface area contributed by atoms with Gasteiger partial charge in [0.1, 0.15) is 21.6 Å². The number of ether oxygens (including phenoxy) is 1. The van der Waals surface area contributed by atoms with Crippen molar-refractivity contribution in [1.82, 2.24) is 9.80 Å². The first-order valence-corrected chi connectivity index (χ1v) is 17.5. The number of nitrogens with zero attached hydrogens (tertiary/aromatic N) is 2. The third-order valence-corrected chi connectivity index (χ3v) is 12.0. The van der Waals surface area contributed by atoms with Gasteiger partial charge in [0.15, 0.2) is 0 Å². The van der Waals surface area contributed by atoms with Crippen LogP contribution in [0.1, 0.15) is 82.0 Å². The number of amides is 1. The zero-order valence-corrected chi connectivity index (χ0v) is 26.5. The fourth-order valence-electron chi connectivity index (χ4n) is 8.84. The van der Waals surface area contributed by atoms with Gasteiger partial charge in [0, 0.05) is 17.7 Å². The number of thioether (sulfide) groups is 1. The van der Waals surface area contributed by atoms with Crippen molar-refractivity contribution in [2.45, 2.75) is 83.1 Å². The molecule has 0 radical (unpaired) electrons. The minimum atomic E-state index is 0.0948. The number of likely N-dealkylation sites (tertiary alicyclic amines) is 1. The van der Waals surface area contributed by atoms with Crippen molar-refractivity contribution >= 4 is 40.3 Å². The Bertz CT molecular complexity index is 1300. The predicted octanol–water partition coefficient (Wildman–Crippen LogP) is 8.18. The molecule has 2 aliphatic heterocycles. The molecule has 8 rings (SSSR count). The summed E-state index contributed by atoms with van der Waals surface area (Å²) in [5, 5.41) is 0. The van der Waals surface area contributed by atoms with Crippen LogP contribution in [0.2, 0.25) is 0 Å². The molecule has 4 aliphatic carbocycles. The standard InChI is InChI=1S/C35H44N2O3S2/c1-39-29-11-9-25(10-12-29)30-21-26(8-4-2-5-13-36-14-6-3-7-15-36)31(40-30)22-32-34(38)37(35(41)42-32)33-27-17-23-16-24(19-27)20-28(33)18-23/h9-12,21-24,27-28,33H,2-8,13-20H2,1H3/b32-22-. The Hall–Kier alpha value is -2.09. The van der Waals surface area contributed by atoms with E-state index in [9.17, 15) is 4.79 Å². The fraction of sp³-hybridized carbons (Fsp3) is 0.600. The average Bonchev–Trinajstić information content (AvgIpc) is 3.52. The first kappa shape index (κ1) is 28.7. The Labute approximate surface area is 260 Å². The van der Waals surface area contributed by atoms with Gasteiger partial charge >= 0.3 is 0 Å². The highest BCUT2D eigenvalue weighted by Gasteiger charge is 2.53. The van der Waals surface area contributed by atoms with Crippen LogP contribution in [-0.2, 0) is 11.2 Å². The van der Waals surface area contributed by atoms with Gasteiger partial charge in [0.05, 0.1) is 12.0 Å². The van der Waals surface area contributed by atoms with Crippen LogP contribution in [0.15, 0.2) is 39.7 Å². The van der Waals surface area contributed by atoms with Crippen LogP contribution in [0, 0.1) is 23.7 Å². The van der Waals surface area contributed by atoms with Crippen molar-refractivity contribution < 1.29 is 13.9 Å². The maximum absolute atomic E-state index is 13.9. The molecule has 5 nitrogen and oxygen atoms in total. The number of methoxy groups -OCH3 is 1. The van der Waals surface area contributed by atoms with E-state index in [1.807, 2.05) is 35.2 Å². The molecule has 0 N–H and O–H groups in total. The van der Waals surface area contributed by atoms with E-state index >= 15 is 0 Å². The van der Waals surface area contributed by atoms with E-state index in [2.05, 4.69) is 11.0 Å². The summed E-state index contributed by atoms with van der Waals surface area (Å²) in [7, 11) is 1.68. The molecule has 224 valence electrons. The van der Waals surface area contributed by atoms with Crippen LogP contribution in [0.4, 0.5) is 0 Å². The number of aryl methyl sites for hydroxylation is 1. The van der Waals surface area contributed by atoms with Crippen LogP contribution in [-0.4, -0.2) is 52.8 Å². The average molecular weight is 605 g/mol. The van der Waals surface area contributed by atoms with Crippen LogP contribution >= 0.6 is 24.0 Å². The molecule has 2 saturated heterocycles. The highest BCUT2D eigenvalue weighted by atomic mass is 32.2. The van der Waals surface area contributed by atoms with E-state index in [0.717, 1.165) is 56.7 Å². The summed E-state index contributed by atoms with van der Waals surface area (Å²) in [6, 6.07) is 10.5. The second kappa shape index (κ2) is 12.5. The topological polar surface area (TPSA) is 45.9 Å². The number of furan rings is 1. The van der Waals surface area contributed by atoms with Crippen LogP contribution in [0.5, 0.6) is 5.75 Å². The van der Waals surface area contributed by atoms with Gasteiger partial charge in [-0.2, -0.15) is 0 Å². The van der Waals surface area contributed by atoms with Gasteiger partial charge in [-0.05, 0) is 143 Å². The van der Waals surface area contributed by atoms with Crippen molar-refractivity contribution in [3.05, 3.63) is 46.6 Å². The zero-order valence-electron chi connectivity index (χ0n) is 24.9. The second-order valence-corrected chi connectivity index (χ2v) is 15.1. The quantitative estimate of drug-likeness (QED) is 0.155. The molecule has 1 aromatic heterocycles.